The Morgan fingerprint density at radius 2 is 2.15 bits per heavy atom. The molecule has 10 nitrogen and oxygen atoms in total. The van der Waals surface area contributed by atoms with Gasteiger partial charge in [0.15, 0.2) is 5.65 Å². The van der Waals surface area contributed by atoms with Crippen molar-refractivity contribution < 1.29 is 19.0 Å². The molecule has 2 aromatic heterocycles. The number of alkyl halides is 1. The van der Waals surface area contributed by atoms with Crippen molar-refractivity contribution in [2.45, 2.75) is 37.2 Å². The summed E-state index contributed by atoms with van der Waals surface area (Å²) in [6.07, 6.45) is 4.54. The molecule has 0 radical (unpaired) electrons. The van der Waals surface area contributed by atoms with Crippen LogP contribution >= 0.6 is 0 Å². The van der Waals surface area contributed by atoms with E-state index in [9.17, 15) is 14.3 Å². The van der Waals surface area contributed by atoms with E-state index in [1.54, 1.807) is 17.8 Å². The molecule has 11 heteroatoms. The third-order valence-electron chi connectivity index (χ3n) is 6.73. The summed E-state index contributed by atoms with van der Waals surface area (Å²) in [5.41, 5.74) is 2.91. The van der Waals surface area contributed by atoms with Crippen LogP contribution in [0.3, 0.4) is 0 Å². The molecule has 176 valence electrons. The lowest BCUT2D eigenvalue weighted by Gasteiger charge is -2.30. The second-order valence-electron chi connectivity index (χ2n) is 8.74. The van der Waals surface area contributed by atoms with Gasteiger partial charge in [0.05, 0.1) is 37.2 Å². The summed E-state index contributed by atoms with van der Waals surface area (Å²) >= 11 is 0. The van der Waals surface area contributed by atoms with Gasteiger partial charge in [0.25, 0.3) is 5.91 Å². The number of aliphatic hydroxyl groups is 1. The van der Waals surface area contributed by atoms with Crippen LogP contribution in [0.15, 0.2) is 36.8 Å². The van der Waals surface area contributed by atoms with Gasteiger partial charge in [0, 0.05) is 36.6 Å². The highest BCUT2D eigenvalue weighted by Crippen LogP contribution is 2.36. The number of nitrogens with one attached hydrogen (secondary N) is 2. The summed E-state index contributed by atoms with van der Waals surface area (Å²) < 4.78 is 22.6. The van der Waals surface area contributed by atoms with E-state index in [1.165, 1.54) is 6.20 Å². The largest absolute Gasteiger partial charge is 0.388 e. The molecule has 3 aliphatic heterocycles. The van der Waals surface area contributed by atoms with Gasteiger partial charge < -0.3 is 25.0 Å². The first-order valence-electron chi connectivity index (χ1n) is 11.3. The molecular formula is C23H24FN7O3. The lowest BCUT2D eigenvalue weighted by atomic mass is 9.90. The Bertz CT molecular complexity index is 1350. The number of hydrogen-bond donors (Lipinski definition) is 3. The van der Waals surface area contributed by atoms with Crippen molar-refractivity contribution in [2.24, 2.45) is 0 Å². The van der Waals surface area contributed by atoms with E-state index in [2.05, 4.69) is 20.7 Å². The second-order valence-corrected chi connectivity index (χ2v) is 8.74. The molecule has 34 heavy (non-hydrogen) atoms. The maximum atomic E-state index is 13.7. The fraction of sp³-hybridized carbons (Fsp3) is 0.391. The summed E-state index contributed by atoms with van der Waals surface area (Å²) in [5.74, 6) is 0.960. The number of ether oxygens (including phenoxy) is 1. The monoisotopic (exact) mass is 465 g/mol. The van der Waals surface area contributed by atoms with Crippen LogP contribution in [0, 0.1) is 0 Å². The number of rotatable bonds is 5. The number of anilines is 1. The Kier molecular flexibility index (Phi) is 4.96. The zero-order chi connectivity index (χ0) is 23.4. The molecule has 0 bridgehead atoms. The minimum Gasteiger partial charge on any atom is -0.388 e. The Morgan fingerprint density at radius 3 is 2.85 bits per heavy atom. The van der Waals surface area contributed by atoms with Crippen molar-refractivity contribution in [3.05, 3.63) is 42.4 Å². The molecule has 0 aromatic carbocycles. The molecule has 4 aliphatic rings. The molecule has 1 aliphatic carbocycles. The fourth-order valence-electron chi connectivity index (χ4n) is 4.63. The highest BCUT2D eigenvalue weighted by Gasteiger charge is 2.33. The van der Waals surface area contributed by atoms with Gasteiger partial charge in [-0.1, -0.05) is 0 Å². The molecule has 2 aromatic rings. The highest BCUT2D eigenvalue weighted by molar-refractivity contribution is 6.00. The van der Waals surface area contributed by atoms with Gasteiger partial charge in [0.1, 0.15) is 29.5 Å². The van der Waals surface area contributed by atoms with Gasteiger partial charge in [-0.2, -0.15) is 9.61 Å². The molecule has 0 spiro atoms. The van der Waals surface area contributed by atoms with Crippen molar-refractivity contribution in [3.8, 4) is 22.6 Å². The number of halogens is 1. The fourth-order valence-corrected chi connectivity index (χ4v) is 4.63. The lowest BCUT2D eigenvalue weighted by Crippen LogP contribution is -2.48. The zero-order valence-corrected chi connectivity index (χ0v) is 18.5. The molecule has 2 fully saturated rings. The summed E-state index contributed by atoms with van der Waals surface area (Å²) in [7, 11) is 1.76. The molecule has 1 saturated carbocycles. The number of hydrogen-bond acceptors (Lipinski definition) is 7. The maximum absolute atomic E-state index is 13.7. The van der Waals surface area contributed by atoms with Crippen LogP contribution < -0.4 is 10.6 Å². The van der Waals surface area contributed by atoms with Crippen molar-refractivity contribution in [1.29, 1.82) is 0 Å². The number of carbonyl (C=O) groups is 1. The van der Waals surface area contributed by atoms with Gasteiger partial charge in [-0.15, -0.1) is 0 Å². The average Bonchev–Trinajstić information content (AvgIpc) is 3.58. The van der Waals surface area contributed by atoms with Crippen LogP contribution in [0.5, 0.6) is 0 Å². The number of pyridine rings is 1. The Hall–Kier alpha value is -3.57. The van der Waals surface area contributed by atoms with Crippen LogP contribution in [0.25, 0.3) is 28.3 Å². The third kappa shape index (κ3) is 3.23. The standard InChI is InChI=1S/C23H24FN7O3/c1-25-20-7-17(28-22-14(9-27-31(20)22)23(33)29-16-5-4-15(16)24)13-8-26-21-12(13)3-2-6-30(21)18-10-34-11-19(18)32/h2-3,6-9,15-16,18-19,25,32H,4-5,10-11H2,1H3,(H,29,33)/t15-,16?,18?,19+/m1/s1. The van der Waals surface area contributed by atoms with E-state index in [0.717, 1.165) is 11.1 Å². The van der Waals surface area contributed by atoms with E-state index in [0.29, 0.717) is 49.0 Å². The topological polar surface area (TPSA) is 119 Å². The van der Waals surface area contributed by atoms with Crippen LogP contribution in [0.1, 0.15) is 29.2 Å². The van der Waals surface area contributed by atoms with E-state index in [1.807, 2.05) is 29.0 Å². The Balaban J connectivity index is 1.41. The number of nitrogens with zero attached hydrogens (tertiary/aromatic N) is 5. The van der Waals surface area contributed by atoms with E-state index in [-0.39, 0.29) is 11.6 Å². The molecular weight excluding hydrogens is 441 g/mol. The molecule has 1 saturated heterocycles. The number of carbonyl (C=O) groups excluding carboxylic acids is 1. The molecule has 3 N–H and O–H groups in total. The zero-order valence-electron chi connectivity index (χ0n) is 18.5. The SMILES string of the molecule is CNc1cc(-c2cnc3n(C4COC[C@@H]4O)cccc2-3)nc2c(C(=O)NC3CC[C@H]3F)cnn12. The van der Waals surface area contributed by atoms with E-state index in [4.69, 9.17) is 9.72 Å². The molecule has 1 amide bonds. The van der Waals surface area contributed by atoms with Crippen molar-refractivity contribution in [2.75, 3.05) is 25.6 Å². The van der Waals surface area contributed by atoms with Gasteiger partial charge in [-0.3, -0.25) is 4.79 Å². The minimum atomic E-state index is -1.01. The number of aliphatic hydroxyl groups excluding tert-OH is 1. The quantitative estimate of drug-likeness (QED) is 0.412. The predicted molar refractivity (Wildman–Crippen MR) is 122 cm³/mol. The van der Waals surface area contributed by atoms with Gasteiger partial charge in [-0.05, 0) is 25.0 Å². The summed E-state index contributed by atoms with van der Waals surface area (Å²) in [6, 6.07) is 5.00. The van der Waals surface area contributed by atoms with Crippen molar-refractivity contribution in [3.63, 3.8) is 0 Å². The summed E-state index contributed by atoms with van der Waals surface area (Å²) in [6.45, 7) is 0.706. The number of amides is 1. The van der Waals surface area contributed by atoms with Crippen molar-refractivity contribution in [1.82, 2.24) is 29.5 Å². The van der Waals surface area contributed by atoms with E-state index < -0.39 is 24.2 Å². The first kappa shape index (κ1) is 21.0. The number of fused-ring (bicyclic) bond motifs is 2. The lowest BCUT2D eigenvalue weighted by molar-refractivity contribution is 0.0826. The predicted octanol–water partition coefficient (Wildman–Crippen LogP) is 1.90. The summed E-state index contributed by atoms with van der Waals surface area (Å²) in [5, 5.41) is 20.5. The van der Waals surface area contributed by atoms with Gasteiger partial charge >= 0.3 is 0 Å². The van der Waals surface area contributed by atoms with E-state index >= 15 is 0 Å². The molecule has 2 unspecified atom stereocenters. The molecule has 4 atom stereocenters. The highest BCUT2D eigenvalue weighted by atomic mass is 19.1. The van der Waals surface area contributed by atoms with Crippen LogP contribution in [-0.2, 0) is 4.74 Å². The molecule has 6 rings (SSSR count). The van der Waals surface area contributed by atoms with Gasteiger partial charge in [0.2, 0.25) is 0 Å². The van der Waals surface area contributed by atoms with Crippen LogP contribution in [0.4, 0.5) is 10.2 Å². The first-order chi connectivity index (χ1) is 16.5. The van der Waals surface area contributed by atoms with Crippen LogP contribution in [-0.4, -0.2) is 73.7 Å². The Labute approximate surface area is 194 Å². The first-order valence-corrected chi connectivity index (χ1v) is 11.3. The second kappa shape index (κ2) is 8.03. The molecule has 5 heterocycles. The Morgan fingerprint density at radius 1 is 1.26 bits per heavy atom. The minimum absolute atomic E-state index is 0.217. The maximum Gasteiger partial charge on any atom is 0.257 e. The smallest absolute Gasteiger partial charge is 0.257 e. The number of aromatic nitrogens is 5. The summed E-state index contributed by atoms with van der Waals surface area (Å²) in [4.78, 5) is 22.2. The third-order valence-corrected chi connectivity index (χ3v) is 6.73. The average molecular weight is 465 g/mol. The van der Waals surface area contributed by atoms with Gasteiger partial charge in [-0.25, -0.2) is 14.4 Å². The normalized spacial score (nSPS) is 24.4. The van der Waals surface area contributed by atoms with Crippen molar-refractivity contribution >= 4 is 17.4 Å². The van der Waals surface area contributed by atoms with Crippen LogP contribution in [0.2, 0.25) is 0 Å².